The zero-order valence-corrected chi connectivity index (χ0v) is 11.3. The van der Waals surface area contributed by atoms with Gasteiger partial charge in [-0.15, -0.1) is 0 Å². The van der Waals surface area contributed by atoms with Gasteiger partial charge >= 0.3 is 0 Å². The molecular formula is C15H28O. The molecule has 1 nitrogen and oxygen atoms in total. The van der Waals surface area contributed by atoms with Crippen LogP contribution < -0.4 is 0 Å². The van der Waals surface area contributed by atoms with E-state index in [-0.39, 0.29) is 0 Å². The highest BCUT2D eigenvalue weighted by Crippen LogP contribution is 2.33. The van der Waals surface area contributed by atoms with Crippen LogP contribution in [0.15, 0.2) is 0 Å². The zero-order valence-electron chi connectivity index (χ0n) is 11.3. The Labute approximate surface area is 101 Å². The van der Waals surface area contributed by atoms with Gasteiger partial charge in [-0.3, -0.25) is 4.79 Å². The first-order valence-electron chi connectivity index (χ1n) is 7.16. The summed E-state index contributed by atoms with van der Waals surface area (Å²) >= 11 is 0. The molecule has 0 aromatic heterocycles. The second kappa shape index (κ2) is 7.09. The van der Waals surface area contributed by atoms with Crippen molar-refractivity contribution in [3.8, 4) is 0 Å². The Morgan fingerprint density at radius 3 is 2.31 bits per heavy atom. The predicted molar refractivity (Wildman–Crippen MR) is 69.4 cm³/mol. The lowest BCUT2D eigenvalue weighted by molar-refractivity contribution is -0.123. The summed E-state index contributed by atoms with van der Waals surface area (Å²) < 4.78 is 0. The maximum atomic E-state index is 11.6. The number of rotatable bonds is 6. The number of Topliss-reactive ketones (excluding diaryl/α,β-unsaturated/α-hetero) is 1. The van der Waals surface area contributed by atoms with Crippen LogP contribution in [0, 0.1) is 17.8 Å². The summed E-state index contributed by atoms with van der Waals surface area (Å²) in [5, 5.41) is 0. The van der Waals surface area contributed by atoms with Gasteiger partial charge in [-0.05, 0) is 37.5 Å². The van der Waals surface area contributed by atoms with E-state index in [1.54, 1.807) is 0 Å². The zero-order chi connectivity index (χ0) is 12.0. The fraction of sp³-hybridized carbons (Fsp3) is 0.933. The molecule has 1 heteroatoms. The van der Waals surface area contributed by atoms with E-state index in [4.69, 9.17) is 0 Å². The standard InChI is InChI=1S/C15H28O/c1-4-15(16)14-10-8-13(9-11-14)7-5-6-12(2)3/h12-14H,4-11H2,1-3H3. The molecular weight excluding hydrogens is 196 g/mol. The summed E-state index contributed by atoms with van der Waals surface area (Å²) in [6, 6.07) is 0. The Kier molecular flexibility index (Phi) is 6.08. The lowest BCUT2D eigenvalue weighted by Gasteiger charge is -2.27. The van der Waals surface area contributed by atoms with E-state index in [2.05, 4.69) is 13.8 Å². The molecule has 1 rings (SSSR count). The van der Waals surface area contributed by atoms with Crippen molar-refractivity contribution >= 4 is 5.78 Å². The number of carbonyl (C=O) groups is 1. The van der Waals surface area contributed by atoms with Crippen molar-refractivity contribution < 1.29 is 4.79 Å². The molecule has 0 atom stereocenters. The Balaban J connectivity index is 2.14. The number of carbonyl (C=O) groups excluding carboxylic acids is 1. The molecule has 16 heavy (non-hydrogen) atoms. The molecule has 1 aliphatic carbocycles. The van der Waals surface area contributed by atoms with Gasteiger partial charge < -0.3 is 0 Å². The van der Waals surface area contributed by atoms with Crippen molar-refractivity contribution in [2.75, 3.05) is 0 Å². The minimum atomic E-state index is 0.409. The maximum absolute atomic E-state index is 11.6. The van der Waals surface area contributed by atoms with Crippen LogP contribution >= 0.6 is 0 Å². The average Bonchev–Trinajstić information content (AvgIpc) is 2.28. The highest BCUT2D eigenvalue weighted by Gasteiger charge is 2.24. The highest BCUT2D eigenvalue weighted by molar-refractivity contribution is 5.80. The Morgan fingerprint density at radius 1 is 1.19 bits per heavy atom. The summed E-state index contributed by atoms with van der Waals surface area (Å²) in [6.07, 6.45) is 9.82. The molecule has 1 fully saturated rings. The first-order valence-corrected chi connectivity index (χ1v) is 7.16. The van der Waals surface area contributed by atoms with Crippen molar-refractivity contribution in [2.24, 2.45) is 17.8 Å². The minimum absolute atomic E-state index is 0.409. The van der Waals surface area contributed by atoms with Gasteiger partial charge in [0.15, 0.2) is 0 Å². The van der Waals surface area contributed by atoms with Gasteiger partial charge in [0.05, 0.1) is 0 Å². The first-order chi connectivity index (χ1) is 7.63. The van der Waals surface area contributed by atoms with E-state index >= 15 is 0 Å². The number of ketones is 1. The third-order valence-corrected chi connectivity index (χ3v) is 4.04. The minimum Gasteiger partial charge on any atom is -0.299 e. The Hall–Kier alpha value is -0.330. The van der Waals surface area contributed by atoms with Gasteiger partial charge in [0, 0.05) is 12.3 Å². The van der Waals surface area contributed by atoms with Gasteiger partial charge in [-0.1, -0.05) is 40.0 Å². The molecule has 0 aromatic carbocycles. The maximum Gasteiger partial charge on any atom is 0.135 e. The molecule has 0 N–H and O–H groups in total. The molecule has 1 aliphatic rings. The van der Waals surface area contributed by atoms with Crippen LogP contribution in [-0.4, -0.2) is 5.78 Å². The Morgan fingerprint density at radius 2 is 1.81 bits per heavy atom. The van der Waals surface area contributed by atoms with Crippen LogP contribution in [0.2, 0.25) is 0 Å². The third kappa shape index (κ3) is 4.67. The van der Waals surface area contributed by atoms with Crippen molar-refractivity contribution in [2.45, 2.75) is 72.1 Å². The molecule has 0 heterocycles. The number of hydrogen-bond donors (Lipinski definition) is 0. The molecule has 0 saturated heterocycles. The van der Waals surface area contributed by atoms with Gasteiger partial charge in [0.25, 0.3) is 0 Å². The smallest absolute Gasteiger partial charge is 0.135 e. The van der Waals surface area contributed by atoms with Crippen molar-refractivity contribution in [3.05, 3.63) is 0 Å². The van der Waals surface area contributed by atoms with E-state index in [1.165, 1.54) is 44.9 Å². The molecule has 0 bridgehead atoms. The predicted octanol–water partition coefficient (Wildman–Crippen LogP) is 4.60. The largest absolute Gasteiger partial charge is 0.299 e. The van der Waals surface area contributed by atoms with E-state index in [0.717, 1.165) is 18.3 Å². The summed E-state index contributed by atoms with van der Waals surface area (Å²) in [5.41, 5.74) is 0. The lowest BCUT2D eigenvalue weighted by atomic mass is 9.77. The van der Waals surface area contributed by atoms with Crippen LogP contribution in [0.5, 0.6) is 0 Å². The van der Waals surface area contributed by atoms with Crippen LogP contribution in [0.4, 0.5) is 0 Å². The van der Waals surface area contributed by atoms with E-state index in [1.807, 2.05) is 6.92 Å². The normalized spacial score (nSPS) is 26.0. The molecule has 0 spiro atoms. The second-order valence-electron chi connectivity index (χ2n) is 5.86. The van der Waals surface area contributed by atoms with Crippen molar-refractivity contribution in [1.29, 1.82) is 0 Å². The quantitative estimate of drug-likeness (QED) is 0.644. The average molecular weight is 224 g/mol. The van der Waals surface area contributed by atoms with Gasteiger partial charge in [0.2, 0.25) is 0 Å². The summed E-state index contributed by atoms with van der Waals surface area (Å²) in [6.45, 7) is 6.60. The topological polar surface area (TPSA) is 17.1 Å². The summed E-state index contributed by atoms with van der Waals surface area (Å²) in [4.78, 5) is 11.6. The SMILES string of the molecule is CCC(=O)C1CCC(CCCC(C)C)CC1. The molecule has 0 amide bonds. The molecule has 0 aromatic rings. The van der Waals surface area contributed by atoms with Gasteiger partial charge in [-0.2, -0.15) is 0 Å². The highest BCUT2D eigenvalue weighted by atomic mass is 16.1. The van der Waals surface area contributed by atoms with E-state index in [9.17, 15) is 4.79 Å². The molecule has 0 aliphatic heterocycles. The Bertz CT molecular complexity index is 199. The van der Waals surface area contributed by atoms with E-state index < -0.39 is 0 Å². The van der Waals surface area contributed by atoms with Crippen LogP contribution in [0.25, 0.3) is 0 Å². The molecule has 0 unspecified atom stereocenters. The first kappa shape index (κ1) is 13.7. The van der Waals surface area contributed by atoms with Crippen LogP contribution in [0.1, 0.15) is 72.1 Å². The van der Waals surface area contributed by atoms with Crippen LogP contribution in [0.3, 0.4) is 0 Å². The van der Waals surface area contributed by atoms with Crippen molar-refractivity contribution in [1.82, 2.24) is 0 Å². The molecule has 0 radical (unpaired) electrons. The van der Waals surface area contributed by atoms with Gasteiger partial charge in [0.1, 0.15) is 5.78 Å². The molecule has 94 valence electrons. The summed E-state index contributed by atoms with van der Waals surface area (Å²) in [5.74, 6) is 2.67. The number of hydrogen-bond acceptors (Lipinski definition) is 1. The van der Waals surface area contributed by atoms with Gasteiger partial charge in [-0.25, -0.2) is 0 Å². The second-order valence-corrected chi connectivity index (χ2v) is 5.86. The van der Waals surface area contributed by atoms with Crippen LogP contribution in [-0.2, 0) is 4.79 Å². The van der Waals surface area contributed by atoms with E-state index in [0.29, 0.717) is 11.7 Å². The molecule has 1 saturated carbocycles. The third-order valence-electron chi connectivity index (χ3n) is 4.04. The monoisotopic (exact) mass is 224 g/mol. The summed E-state index contributed by atoms with van der Waals surface area (Å²) in [7, 11) is 0. The van der Waals surface area contributed by atoms with Crippen molar-refractivity contribution in [3.63, 3.8) is 0 Å². The fourth-order valence-electron chi connectivity index (χ4n) is 2.88. The lowest BCUT2D eigenvalue weighted by Crippen LogP contribution is -2.21. The fourth-order valence-corrected chi connectivity index (χ4v) is 2.88.